The second-order valence-electron chi connectivity index (χ2n) is 5.51. The summed E-state index contributed by atoms with van der Waals surface area (Å²) in [5.74, 6) is 0.459. The van der Waals surface area contributed by atoms with Crippen LogP contribution in [0.25, 0.3) is 0 Å². The third kappa shape index (κ3) is 1.11. The Kier molecular flexibility index (Phi) is 2.09. The molecule has 0 aliphatic heterocycles. The molecular formula is C13H20O. The topological polar surface area (TPSA) is 17.1 Å². The lowest BCUT2D eigenvalue weighted by Gasteiger charge is -2.53. The molecule has 0 bridgehead atoms. The number of rotatable bonds is 1. The van der Waals surface area contributed by atoms with E-state index >= 15 is 0 Å². The summed E-state index contributed by atoms with van der Waals surface area (Å²) in [5, 5.41) is 0. The Morgan fingerprint density at radius 2 is 1.86 bits per heavy atom. The molecule has 2 aliphatic carbocycles. The van der Waals surface area contributed by atoms with Crippen molar-refractivity contribution in [1.29, 1.82) is 0 Å². The molecule has 0 N–H and O–H groups in total. The molecule has 1 spiro atoms. The Balaban J connectivity index is 2.31. The normalized spacial score (nSPS) is 34.4. The summed E-state index contributed by atoms with van der Waals surface area (Å²) in [6.07, 6.45) is 8.22. The first kappa shape index (κ1) is 9.95. The molecule has 1 heteroatoms. The van der Waals surface area contributed by atoms with Crippen molar-refractivity contribution in [3.05, 3.63) is 11.6 Å². The van der Waals surface area contributed by atoms with Crippen LogP contribution in [-0.2, 0) is 4.79 Å². The lowest BCUT2D eigenvalue weighted by Crippen LogP contribution is -2.55. The Morgan fingerprint density at radius 3 is 2.29 bits per heavy atom. The molecule has 1 nitrogen and oxygen atoms in total. The summed E-state index contributed by atoms with van der Waals surface area (Å²) < 4.78 is 0. The summed E-state index contributed by atoms with van der Waals surface area (Å²) in [5.41, 5.74) is 1.51. The van der Waals surface area contributed by atoms with Gasteiger partial charge in [0.15, 0.2) is 0 Å². The van der Waals surface area contributed by atoms with Gasteiger partial charge in [-0.15, -0.1) is 0 Å². The van der Waals surface area contributed by atoms with E-state index in [9.17, 15) is 4.79 Å². The van der Waals surface area contributed by atoms with Crippen LogP contribution in [0.1, 0.15) is 52.9 Å². The van der Waals surface area contributed by atoms with Crippen molar-refractivity contribution in [1.82, 2.24) is 0 Å². The molecule has 0 aromatic heterocycles. The van der Waals surface area contributed by atoms with Crippen LogP contribution in [0.3, 0.4) is 0 Å². The van der Waals surface area contributed by atoms with Crippen LogP contribution in [0.15, 0.2) is 11.6 Å². The predicted octanol–water partition coefficient (Wildman–Crippen LogP) is 3.49. The maximum Gasteiger partial charge on any atom is 0.143 e. The first-order valence-corrected chi connectivity index (χ1v) is 5.70. The smallest absolute Gasteiger partial charge is 0.143 e. The number of allylic oxidation sites excluding steroid dienone is 2. The van der Waals surface area contributed by atoms with Crippen molar-refractivity contribution < 1.29 is 4.79 Å². The summed E-state index contributed by atoms with van der Waals surface area (Å²) in [4.78, 5) is 11.8. The van der Waals surface area contributed by atoms with Crippen molar-refractivity contribution in [3.63, 3.8) is 0 Å². The van der Waals surface area contributed by atoms with Gasteiger partial charge < -0.3 is 0 Å². The maximum atomic E-state index is 11.8. The van der Waals surface area contributed by atoms with E-state index in [1.54, 1.807) is 0 Å². The zero-order valence-corrected chi connectivity index (χ0v) is 9.52. The highest BCUT2D eigenvalue weighted by Crippen LogP contribution is 2.63. The van der Waals surface area contributed by atoms with Crippen LogP contribution in [0, 0.1) is 10.8 Å². The third-order valence-corrected chi connectivity index (χ3v) is 4.32. The highest BCUT2D eigenvalue weighted by atomic mass is 16.1. The minimum absolute atomic E-state index is 0.123. The highest BCUT2D eigenvalue weighted by Gasteiger charge is 2.61. The van der Waals surface area contributed by atoms with Crippen molar-refractivity contribution in [3.8, 4) is 0 Å². The standard InChI is InChI=1S/C13H20O/c1-10(2)8-12(3)11(14)9-13(12)6-4-5-7-13/h8H,4-7,9H2,1-3H3. The van der Waals surface area contributed by atoms with Gasteiger partial charge in [-0.2, -0.15) is 0 Å². The fourth-order valence-corrected chi connectivity index (χ4v) is 3.42. The van der Waals surface area contributed by atoms with E-state index in [1.807, 2.05) is 0 Å². The molecule has 2 rings (SSSR count). The molecule has 0 amide bonds. The van der Waals surface area contributed by atoms with Crippen LogP contribution in [-0.4, -0.2) is 5.78 Å². The summed E-state index contributed by atoms with van der Waals surface area (Å²) in [6.45, 7) is 6.34. The predicted molar refractivity (Wildman–Crippen MR) is 58.1 cm³/mol. The molecule has 1 atom stereocenters. The van der Waals surface area contributed by atoms with E-state index in [-0.39, 0.29) is 5.41 Å². The first-order valence-electron chi connectivity index (χ1n) is 5.70. The Morgan fingerprint density at radius 1 is 1.29 bits per heavy atom. The number of carbonyl (C=O) groups excluding carboxylic acids is 1. The molecule has 0 aromatic rings. The monoisotopic (exact) mass is 192 g/mol. The van der Waals surface area contributed by atoms with Gasteiger partial charge in [-0.1, -0.05) is 24.5 Å². The molecule has 14 heavy (non-hydrogen) atoms. The lowest BCUT2D eigenvalue weighted by molar-refractivity contribution is -0.151. The minimum atomic E-state index is -0.123. The number of hydrogen-bond acceptors (Lipinski definition) is 1. The van der Waals surface area contributed by atoms with E-state index in [0.29, 0.717) is 11.2 Å². The lowest BCUT2D eigenvalue weighted by atomic mass is 9.48. The SMILES string of the molecule is CC(C)=CC1(C)C(=O)CC12CCCC2. The van der Waals surface area contributed by atoms with Crippen molar-refractivity contribution >= 4 is 5.78 Å². The molecule has 0 aromatic carbocycles. The molecule has 0 radical (unpaired) electrons. The molecular weight excluding hydrogens is 172 g/mol. The molecule has 2 fully saturated rings. The van der Waals surface area contributed by atoms with Crippen LogP contribution in [0.5, 0.6) is 0 Å². The van der Waals surface area contributed by atoms with E-state index < -0.39 is 0 Å². The summed E-state index contributed by atoms with van der Waals surface area (Å²) in [6, 6.07) is 0. The molecule has 2 aliphatic rings. The number of Topliss-reactive ketones (excluding diaryl/α,β-unsaturated/α-hetero) is 1. The van der Waals surface area contributed by atoms with Gasteiger partial charge in [0.1, 0.15) is 5.78 Å². The quantitative estimate of drug-likeness (QED) is 0.581. The number of carbonyl (C=O) groups is 1. The summed E-state index contributed by atoms with van der Waals surface area (Å²) in [7, 11) is 0. The zero-order chi connectivity index (χ0) is 10.4. The Labute approximate surface area is 86.6 Å². The van der Waals surface area contributed by atoms with E-state index in [2.05, 4.69) is 26.8 Å². The Bertz CT molecular complexity index is 290. The number of hydrogen-bond donors (Lipinski definition) is 0. The maximum absolute atomic E-state index is 11.8. The molecule has 0 heterocycles. The highest BCUT2D eigenvalue weighted by molar-refractivity contribution is 5.94. The van der Waals surface area contributed by atoms with Gasteiger partial charge in [0.2, 0.25) is 0 Å². The van der Waals surface area contributed by atoms with Gasteiger partial charge in [0.05, 0.1) is 5.41 Å². The van der Waals surface area contributed by atoms with Gasteiger partial charge >= 0.3 is 0 Å². The van der Waals surface area contributed by atoms with Gasteiger partial charge in [0, 0.05) is 6.42 Å². The van der Waals surface area contributed by atoms with Crippen LogP contribution >= 0.6 is 0 Å². The first-order chi connectivity index (χ1) is 6.50. The second kappa shape index (κ2) is 2.95. The molecule has 0 saturated heterocycles. The molecule has 78 valence electrons. The van der Waals surface area contributed by atoms with Crippen molar-refractivity contribution in [2.24, 2.45) is 10.8 Å². The summed E-state index contributed by atoms with van der Waals surface area (Å²) >= 11 is 0. The van der Waals surface area contributed by atoms with E-state index in [4.69, 9.17) is 0 Å². The fourth-order valence-electron chi connectivity index (χ4n) is 3.42. The average molecular weight is 192 g/mol. The van der Waals surface area contributed by atoms with Crippen molar-refractivity contribution in [2.75, 3.05) is 0 Å². The molecule has 2 saturated carbocycles. The number of ketones is 1. The van der Waals surface area contributed by atoms with Gasteiger partial charge in [0.25, 0.3) is 0 Å². The van der Waals surface area contributed by atoms with E-state index in [0.717, 1.165) is 6.42 Å². The van der Waals surface area contributed by atoms with E-state index in [1.165, 1.54) is 31.3 Å². The van der Waals surface area contributed by atoms with Crippen LogP contribution < -0.4 is 0 Å². The second-order valence-corrected chi connectivity index (χ2v) is 5.51. The van der Waals surface area contributed by atoms with Crippen LogP contribution in [0.4, 0.5) is 0 Å². The zero-order valence-electron chi connectivity index (χ0n) is 9.52. The molecule has 1 unspecified atom stereocenters. The van der Waals surface area contributed by atoms with Crippen molar-refractivity contribution in [2.45, 2.75) is 52.9 Å². The Hall–Kier alpha value is -0.590. The third-order valence-electron chi connectivity index (χ3n) is 4.32. The fraction of sp³-hybridized carbons (Fsp3) is 0.769. The van der Waals surface area contributed by atoms with Gasteiger partial charge in [-0.3, -0.25) is 4.79 Å². The van der Waals surface area contributed by atoms with Crippen LogP contribution in [0.2, 0.25) is 0 Å². The minimum Gasteiger partial charge on any atom is -0.299 e. The largest absolute Gasteiger partial charge is 0.299 e. The van der Waals surface area contributed by atoms with Gasteiger partial charge in [-0.05, 0) is 39.0 Å². The van der Waals surface area contributed by atoms with Gasteiger partial charge in [-0.25, -0.2) is 0 Å². The average Bonchev–Trinajstić information content (AvgIpc) is 2.54.